The van der Waals surface area contributed by atoms with Gasteiger partial charge in [0.2, 0.25) is 5.91 Å². The highest BCUT2D eigenvalue weighted by molar-refractivity contribution is 7.85. The molecule has 0 aliphatic rings. The van der Waals surface area contributed by atoms with E-state index in [1.807, 2.05) is 13.8 Å². The van der Waals surface area contributed by atoms with Crippen molar-refractivity contribution >= 4 is 28.6 Å². The van der Waals surface area contributed by atoms with Crippen LogP contribution in [0.25, 0.3) is 0 Å². The highest BCUT2D eigenvalue weighted by Gasteiger charge is 2.42. The van der Waals surface area contributed by atoms with E-state index >= 15 is 0 Å². The number of nitrogens with one attached hydrogen (secondary N) is 2. The molecule has 0 saturated heterocycles. The molecule has 180 valence electrons. The number of urea groups is 1. The molecule has 0 spiro atoms. The van der Waals surface area contributed by atoms with Crippen molar-refractivity contribution in [3.63, 3.8) is 0 Å². The van der Waals surface area contributed by atoms with Gasteiger partial charge in [-0.15, -0.1) is 5.06 Å². The SMILES string of the molecule is CNC(=O)C(NC(=O)N(O)C(=O)CCCC(C)C)C(C)(C)S(=O)Cc1ccc(OC)cc1. The Morgan fingerprint density at radius 1 is 1.19 bits per heavy atom. The summed E-state index contributed by atoms with van der Waals surface area (Å²) in [6, 6.07) is 4.63. The number of ether oxygens (including phenoxy) is 1. The van der Waals surface area contributed by atoms with Gasteiger partial charge in [0, 0.05) is 30.0 Å². The molecule has 0 heterocycles. The molecular weight excluding hydrogens is 434 g/mol. The van der Waals surface area contributed by atoms with Gasteiger partial charge in [0.25, 0.3) is 5.91 Å². The fraction of sp³-hybridized carbons (Fsp3) is 0.591. The fourth-order valence-corrected chi connectivity index (χ4v) is 4.25. The lowest BCUT2D eigenvalue weighted by atomic mass is 10.0. The maximum atomic E-state index is 13.1. The van der Waals surface area contributed by atoms with Gasteiger partial charge in [-0.1, -0.05) is 32.4 Å². The molecule has 2 atom stereocenters. The summed E-state index contributed by atoms with van der Waals surface area (Å²) >= 11 is 0. The molecule has 0 saturated carbocycles. The third-order valence-electron chi connectivity index (χ3n) is 5.12. The van der Waals surface area contributed by atoms with E-state index in [2.05, 4.69) is 10.6 Å². The fourth-order valence-electron chi connectivity index (χ4n) is 2.96. The molecule has 4 amide bonds. The third-order valence-corrected chi connectivity index (χ3v) is 7.12. The second-order valence-electron chi connectivity index (χ2n) is 8.43. The van der Waals surface area contributed by atoms with Crippen LogP contribution in [-0.4, -0.2) is 57.3 Å². The second kappa shape index (κ2) is 12.5. The number of benzene rings is 1. The van der Waals surface area contributed by atoms with Gasteiger partial charge < -0.3 is 15.4 Å². The number of nitrogens with zero attached hydrogens (tertiary/aromatic N) is 1. The van der Waals surface area contributed by atoms with E-state index < -0.39 is 39.4 Å². The zero-order valence-corrected chi connectivity index (χ0v) is 20.5. The summed E-state index contributed by atoms with van der Waals surface area (Å²) in [7, 11) is 1.34. The predicted octanol–water partition coefficient (Wildman–Crippen LogP) is 2.59. The van der Waals surface area contributed by atoms with Crippen molar-refractivity contribution in [2.75, 3.05) is 14.2 Å². The van der Waals surface area contributed by atoms with E-state index in [1.165, 1.54) is 7.05 Å². The van der Waals surface area contributed by atoms with Crippen LogP contribution in [0.15, 0.2) is 24.3 Å². The molecule has 1 aromatic rings. The van der Waals surface area contributed by atoms with Crippen LogP contribution in [0.2, 0.25) is 0 Å². The standard InChI is InChI=1S/C22H35N3O6S/c1-15(2)8-7-9-18(26)25(29)21(28)24-19(20(27)23-5)22(3,4)32(30)14-16-10-12-17(31-6)13-11-16/h10-13,15,19,29H,7-9,14H2,1-6H3,(H,23,27)(H,24,28). The van der Waals surface area contributed by atoms with Gasteiger partial charge in [-0.05, 0) is 43.9 Å². The van der Waals surface area contributed by atoms with Crippen molar-refractivity contribution in [3.05, 3.63) is 29.8 Å². The molecule has 10 heteroatoms. The Kier molecular flexibility index (Phi) is 10.8. The summed E-state index contributed by atoms with van der Waals surface area (Å²) in [4.78, 5) is 37.1. The van der Waals surface area contributed by atoms with Crippen molar-refractivity contribution in [2.45, 2.75) is 63.5 Å². The Hall–Kier alpha value is -2.46. The molecule has 2 unspecified atom stereocenters. The molecule has 0 aromatic heterocycles. The van der Waals surface area contributed by atoms with Gasteiger partial charge in [-0.25, -0.2) is 4.79 Å². The van der Waals surface area contributed by atoms with Crippen molar-refractivity contribution < 1.29 is 28.5 Å². The molecule has 1 rings (SSSR count). The third kappa shape index (κ3) is 7.90. The first kappa shape index (κ1) is 27.6. The zero-order valence-electron chi connectivity index (χ0n) is 19.6. The summed E-state index contributed by atoms with van der Waals surface area (Å²) in [5.74, 6) is -0.168. The Bertz CT molecular complexity index is 810. The van der Waals surface area contributed by atoms with Crippen molar-refractivity contribution in [1.82, 2.24) is 15.7 Å². The Labute approximate surface area is 192 Å². The molecule has 3 N–H and O–H groups in total. The van der Waals surface area contributed by atoms with Crippen LogP contribution < -0.4 is 15.4 Å². The first-order chi connectivity index (χ1) is 14.9. The van der Waals surface area contributed by atoms with Crippen LogP contribution in [0.3, 0.4) is 0 Å². The zero-order chi connectivity index (χ0) is 24.5. The predicted molar refractivity (Wildman–Crippen MR) is 123 cm³/mol. The van der Waals surface area contributed by atoms with Crippen LogP contribution in [0.5, 0.6) is 5.75 Å². The van der Waals surface area contributed by atoms with Crippen LogP contribution in [0.1, 0.15) is 52.5 Å². The van der Waals surface area contributed by atoms with E-state index in [-0.39, 0.29) is 17.2 Å². The first-order valence-electron chi connectivity index (χ1n) is 10.5. The van der Waals surface area contributed by atoms with E-state index in [4.69, 9.17) is 4.74 Å². The molecular formula is C22H35N3O6S. The molecule has 0 aliphatic heterocycles. The maximum absolute atomic E-state index is 13.1. The van der Waals surface area contributed by atoms with E-state index in [1.54, 1.807) is 45.2 Å². The average Bonchev–Trinajstić information content (AvgIpc) is 2.76. The number of hydrogen-bond acceptors (Lipinski definition) is 6. The Morgan fingerprint density at radius 3 is 2.28 bits per heavy atom. The summed E-state index contributed by atoms with van der Waals surface area (Å²) in [6.45, 7) is 7.18. The summed E-state index contributed by atoms with van der Waals surface area (Å²) in [5, 5.41) is 14.8. The van der Waals surface area contributed by atoms with E-state index in [0.717, 1.165) is 12.0 Å². The molecule has 9 nitrogen and oxygen atoms in total. The lowest BCUT2D eigenvalue weighted by Gasteiger charge is -2.33. The average molecular weight is 470 g/mol. The minimum absolute atomic E-state index is 0.000462. The number of likely N-dealkylation sites (N-methyl/N-ethyl adjacent to an activating group) is 1. The molecule has 32 heavy (non-hydrogen) atoms. The van der Waals surface area contributed by atoms with Gasteiger partial charge in [-0.2, -0.15) is 0 Å². The van der Waals surface area contributed by atoms with Crippen LogP contribution in [0, 0.1) is 5.92 Å². The smallest absolute Gasteiger partial charge is 0.349 e. The number of hydroxylamine groups is 2. The molecule has 0 fully saturated rings. The van der Waals surface area contributed by atoms with Gasteiger partial charge in [-0.3, -0.25) is 19.0 Å². The lowest BCUT2D eigenvalue weighted by molar-refractivity contribution is -0.153. The van der Waals surface area contributed by atoms with Crippen LogP contribution >= 0.6 is 0 Å². The highest BCUT2D eigenvalue weighted by Crippen LogP contribution is 2.23. The minimum atomic E-state index is -1.59. The highest BCUT2D eigenvalue weighted by atomic mass is 32.2. The second-order valence-corrected chi connectivity index (χ2v) is 10.5. The van der Waals surface area contributed by atoms with E-state index in [9.17, 15) is 23.8 Å². The van der Waals surface area contributed by atoms with Gasteiger partial charge in [0.05, 0.1) is 11.9 Å². The Morgan fingerprint density at radius 2 is 1.78 bits per heavy atom. The quantitative estimate of drug-likeness (QED) is 0.338. The summed E-state index contributed by atoms with van der Waals surface area (Å²) < 4.78 is 17.1. The first-order valence-corrected chi connectivity index (χ1v) is 11.8. The Balaban J connectivity index is 2.92. The monoisotopic (exact) mass is 469 g/mol. The summed E-state index contributed by atoms with van der Waals surface area (Å²) in [5.41, 5.74) is 0.767. The van der Waals surface area contributed by atoms with Gasteiger partial charge in [0.15, 0.2) is 0 Å². The van der Waals surface area contributed by atoms with Crippen molar-refractivity contribution in [3.8, 4) is 5.75 Å². The van der Waals surface area contributed by atoms with Gasteiger partial charge >= 0.3 is 6.03 Å². The molecule has 0 aliphatic carbocycles. The number of carbonyl (C=O) groups is 3. The molecule has 1 aromatic carbocycles. The largest absolute Gasteiger partial charge is 0.497 e. The normalized spacial score (nSPS) is 13.2. The minimum Gasteiger partial charge on any atom is -0.497 e. The van der Waals surface area contributed by atoms with E-state index in [0.29, 0.717) is 18.1 Å². The van der Waals surface area contributed by atoms with Crippen molar-refractivity contribution in [2.24, 2.45) is 5.92 Å². The molecule has 0 bridgehead atoms. The summed E-state index contributed by atoms with van der Waals surface area (Å²) in [6.07, 6.45) is 1.30. The number of carbonyl (C=O) groups excluding carboxylic acids is 3. The number of methoxy groups -OCH3 is 1. The number of amides is 4. The lowest BCUT2D eigenvalue weighted by Crippen LogP contribution is -2.61. The number of rotatable bonds is 11. The van der Waals surface area contributed by atoms with Gasteiger partial charge in [0.1, 0.15) is 11.8 Å². The van der Waals surface area contributed by atoms with Crippen LogP contribution in [0.4, 0.5) is 4.79 Å². The number of hydrogen-bond donors (Lipinski definition) is 3. The van der Waals surface area contributed by atoms with Crippen LogP contribution in [-0.2, 0) is 26.1 Å². The molecule has 0 radical (unpaired) electrons. The van der Waals surface area contributed by atoms with Crippen molar-refractivity contribution in [1.29, 1.82) is 0 Å². The topological polar surface area (TPSA) is 125 Å². The maximum Gasteiger partial charge on any atom is 0.349 e. The number of imide groups is 1.